The van der Waals surface area contributed by atoms with Crippen LogP contribution in [-0.4, -0.2) is 30.0 Å². The standard InChI is InChI=1S/C11H14BrN3O.2ClH/c12-8-3-4-10(14-6-8)11(16)15-9-2-1-5-13-7-9;;/h3-4,6,9,13H,1-2,5,7H2,(H,15,16);2*1H/t9-;;/m0../s1. The summed E-state index contributed by atoms with van der Waals surface area (Å²) in [5, 5.41) is 6.23. The van der Waals surface area contributed by atoms with Crippen LogP contribution in [0, 0.1) is 0 Å². The molecule has 1 atom stereocenters. The first-order chi connectivity index (χ1) is 7.75. The van der Waals surface area contributed by atoms with Crippen molar-refractivity contribution in [3.8, 4) is 0 Å². The second kappa shape index (κ2) is 8.69. The van der Waals surface area contributed by atoms with Gasteiger partial charge in [-0.2, -0.15) is 0 Å². The quantitative estimate of drug-likeness (QED) is 0.853. The molecule has 2 N–H and O–H groups in total. The van der Waals surface area contributed by atoms with Gasteiger partial charge in [-0.25, -0.2) is 4.98 Å². The van der Waals surface area contributed by atoms with Gasteiger partial charge in [0.05, 0.1) is 0 Å². The van der Waals surface area contributed by atoms with Crippen molar-refractivity contribution in [3.63, 3.8) is 0 Å². The molecule has 0 aromatic carbocycles. The molecule has 1 amide bonds. The van der Waals surface area contributed by atoms with Gasteiger partial charge < -0.3 is 10.6 Å². The summed E-state index contributed by atoms with van der Waals surface area (Å²) in [5.41, 5.74) is 0.466. The highest BCUT2D eigenvalue weighted by Gasteiger charge is 2.16. The lowest BCUT2D eigenvalue weighted by Crippen LogP contribution is -2.45. The fourth-order valence-corrected chi connectivity index (χ4v) is 1.98. The number of hydrogen-bond acceptors (Lipinski definition) is 3. The smallest absolute Gasteiger partial charge is 0.270 e. The summed E-state index contributed by atoms with van der Waals surface area (Å²) in [4.78, 5) is 15.9. The number of amides is 1. The second-order valence-electron chi connectivity index (χ2n) is 3.88. The molecule has 0 bridgehead atoms. The van der Waals surface area contributed by atoms with Gasteiger partial charge in [-0.1, -0.05) is 0 Å². The van der Waals surface area contributed by atoms with E-state index in [1.807, 2.05) is 6.07 Å². The van der Waals surface area contributed by atoms with Crippen LogP contribution >= 0.6 is 40.7 Å². The first kappa shape index (κ1) is 17.6. The molecule has 0 saturated carbocycles. The minimum atomic E-state index is -0.0961. The summed E-state index contributed by atoms with van der Waals surface area (Å²) in [6.07, 6.45) is 3.78. The molecule has 0 unspecified atom stereocenters. The molecule has 0 radical (unpaired) electrons. The van der Waals surface area contributed by atoms with E-state index in [4.69, 9.17) is 0 Å². The molecule has 2 heterocycles. The number of piperidine rings is 1. The highest BCUT2D eigenvalue weighted by Crippen LogP contribution is 2.08. The van der Waals surface area contributed by atoms with Gasteiger partial charge in [-0.15, -0.1) is 24.8 Å². The van der Waals surface area contributed by atoms with Crippen molar-refractivity contribution in [2.24, 2.45) is 0 Å². The zero-order valence-electron chi connectivity index (χ0n) is 9.69. The SMILES string of the molecule is Cl.Cl.O=C(N[C@H]1CCCNC1)c1ccc(Br)cn1. The van der Waals surface area contributed by atoms with Crippen LogP contribution in [0.3, 0.4) is 0 Å². The molecule has 1 aliphatic heterocycles. The lowest BCUT2D eigenvalue weighted by Gasteiger charge is -2.23. The Bertz CT molecular complexity index is 369. The molecule has 2 rings (SSSR count). The number of carbonyl (C=O) groups excluding carboxylic acids is 1. The van der Waals surface area contributed by atoms with Crippen LogP contribution in [0.25, 0.3) is 0 Å². The Hall–Kier alpha value is -0.360. The summed E-state index contributed by atoms with van der Waals surface area (Å²) in [5.74, 6) is -0.0961. The van der Waals surface area contributed by atoms with Gasteiger partial charge >= 0.3 is 0 Å². The number of nitrogens with one attached hydrogen (secondary N) is 2. The fourth-order valence-electron chi connectivity index (χ4n) is 1.74. The Balaban J connectivity index is 0.00000144. The molecule has 1 aliphatic rings. The van der Waals surface area contributed by atoms with E-state index in [1.54, 1.807) is 12.3 Å². The molecule has 7 heteroatoms. The average Bonchev–Trinajstić information content (AvgIpc) is 2.31. The lowest BCUT2D eigenvalue weighted by atomic mass is 10.1. The molecule has 4 nitrogen and oxygen atoms in total. The second-order valence-corrected chi connectivity index (χ2v) is 4.79. The number of nitrogens with zero attached hydrogens (tertiary/aromatic N) is 1. The number of carbonyl (C=O) groups is 1. The molecule has 102 valence electrons. The van der Waals surface area contributed by atoms with E-state index in [9.17, 15) is 4.79 Å². The van der Waals surface area contributed by atoms with E-state index in [2.05, 4.69) is 31.5 Å². The maximum atomic E-state index is 11.8. The zero-order valence-corrected chi connectivity index (χ0v) is 12.9. The summed E-state index contributed by atoms with van der Waals surface area (Å²) in [6.45, 7) is 1.89. The molecule has 18 heavy (non-hydrogen) atoms. The van der Waals surface area contributed by atoms with E-state index in [1.165, 1.54) is 0 Å². The van der Waals surface area contributed by atoms with Crippen molar-refractivity contribution < 1.29 is 4.79 Å². The normalized spacial score (nSPS) is 18.2. The predicted octanol–water partition coefficient (Wildman–Crippen LogP) is 2.17. The van der Waals surface area contributed by atoms with Crippen LogP contribution in [0.5, 0.6) is 0 Å². The fraction of sp³-hybridized carbons (Fsp3) is 0.455. The molecule has 0 spiro atoms. The molecular weight excluding hydrogens is 341 g/mol. The first-order valence-electron chi connectivity index (χ1n) is 5.39. The van der Waals surface area contributed by atoms with Crippen molar-refractivity contribution in [2.45, 2.75) is 18.9 Å². The number of hydrogen-bond donors (Lipinski definition) is 2. The Morgan fingerprint density at radius 2 is 2.22 bits per heavy atom. The maximum Gasteiger partial charge on any atom is 0.270 e. The lowest BCUT2D eigenvalue weighted by molar-refractivity contribution is 0.0925. The molecule has 1 aromatic rings. The van der Waals surface area contributed by atoms with Crippen LogP contribution in [0.1, 0.15) is 23.3 Å². The van der Waals surface area contributed by atoms with Crippen molar-refractivity contribution >= 4 is 46.7 Å². The Morgan fingerprint density at radius 1 is 1.44 bits per heavy atom. The van der Waals surface area contributed by atoms with E-state index in [0.717, 1.165) is 30.4 Å². The van der Waals surface area contributed by atoms with Crippen LogP contribution in [0.4, 0.5) is 0 Å². The summed E-state index contributed by atoms with van der Waals surface area (Å²) >= 11 is 3.29. The van der Waals surface area contributed by atoms with E-state index < -0.39 is 0 Å². The van der Waals surface area contributed by atoms with E-state index >= 15 is 0 Å². The van der Waals surface area contributed by atoms with E-state index in [-0.39, 0.29) is 36.8 Å². The maximum absolute atomic E-state index is 11.8. The zero-order chi connectivity index (χ0) is 11.4. The largest absolute Gasteiger partial charge is 0.347 e. The summed E-state index contributed by atoms with van der Waals surface area (Å²) in [7, 11) is 0. The third kappa shape index (κ3) is 5.10. The molecule has 1 fully saturated rings. The van der Waals surface area contributed by atoms with Gasteiger partial charge in [-0.05, 0) is 47.4 Å². The van der Waals surface area contributed by atoms with Crippen LogP contribution in [0.15, 0.2) is 22.8 Å². The summed E-state index contributed by atoms with van der Waals surface area (Å²) in [6, 6.07) is 3.77. The van der Waals surface area contributed by atoms with Crippen molar-refractivity contribution in [3.05, 3.63) is 28.5 Å². The molecular formula is C11H16BrCl2N3O. The van der Waals surface area contributed by atoms with Crippen LogP contribution in [0.2, 0.25) is 0 Å². The van der Waals surface area contributed by atoms with Gasteiger partial charge in [-0.3, -0.25) is 4.79 Å². The van der Waals surface area contributed by atoms with Crippen LogP contribution in [-0.2, 0) is 0 Å². The highest BCUT2D eigenvalue weighted by atomic mass is 79.9. The number of pyridine rings is 1. The van der Waals surface area contributed by atoms with Crippen molar-refractivity contribution in [1.29, 1.82) is 0 Å². The highest BCUT2D eigenvalue weighted by molar-refractivity contribution is 9.10. The van der Waals surface area contributed by atoms with Gasteiger partial charge in [0.15, 0.2) is 0 Å². The number of halogens is 3. The van der Waals surface area contributed by atoms with Gasteiger partial charge in [0.25, 0.3) is 5.91 Å². The molecule has 1 saturated heterocycles. The van der Waals surface area contributed by atoms with Gasteiger partial charge in [0.1, 0.15) is 5.69 Å². The Labute approximate surface area is 127 Å². The van der Waals surface area contributed by atoms with Crippen LogP contribution < -0.4 is 10.6 Å². The minimum absolute atomic E-state index is 0. The number of aromatic nitrogens is 1. The molecule has 0 aliphatic carbocycles. The Kier molecular flexibility index (Phi) is 8.52. The van der Waals surface area contributed by atoms with Crippen molar-refractivity contribution in [1.82, 2.24) is 15.6 Å². The topological polar surface area (TPSA) is 54.0 Å². The van der Waals surface area contributed by atoms with Gasteiger partial charge in [0, 0.05) is 23.3 Å². The first-order valence-corrected chi connectivity index (χ1v) is 6.18. The predicted molar refractivity (Wildman–Crippen MR) is 79.8 cm³/mol. The van der Waals surface area contributed by atoms with Crippen molar-refractivity contribution in [2.75, 3.05) is 13.1 Å². The molecule has 1 aromatic heterocycles. The minimum Gasteiger partial charge on any atom is -0.347 e. The third-order valence-corrected chi connectivity index (χ3v) is 3.06. The monoisotopic (exact) mass is 355 g/mol. The average molecular weight is 357 g/mol. The van der Waals surface area contributed by atoms with Gasteiger partial charge in [0.2, 0.25) is 0 Å². The third-order valence-electron chi connectivity index (χ3n) is 2.59. The summed E-state index contributed by atoms with van der Waals surface area (Å²) < 4.78 is 0.878. The Morgan fingerprint density at radius 3 is 2.78 bits per heavy atom. The van der Waals surface area contributed by atoms with E-state index in [0.29, 0.717) is 5.69 Å². The number of rotatable bonds is 2.